The van der Waals surface area contributed by atoms with E-state index in [1.807, 2.05) is 0 Å². The molecular weight excluding hydrogens is 328 g/mol. The number of nitro groups is 1. The van der Waals surface area contributed by atoms with E-state index in [4.69, 9.17) is 9.47 Å². The van der Waals surface area contributed by atoms with Gasteiger partial charge in [0.15, 0.2) is 11.5 Å². The fraction of sp³-hybridized carbons (Fsp3) is 0.118. The number of hydrogen-bond donors (Lipinski definition) is 2. The minimum Gasteiger partial charge on any atom is -0.507 e. The smallest absolute Gasteiger partial charge is 0.270 e. The molecule has 2 aromatic carbocycles. The van der Waals surface area contributed by atoms with Gasteiger partial charge < -0.3 is 19.9 Å². The Bertz CT molecular complexity index is 920. The summed E-state index contributed by atoms with van der Waals surface area (Å²) < 4.78 is 10.4. The molecule has 0 atom stereocenters. The van der Waals surface area contributed by atoms with E-state index in [1.54, 1.807) is 12.1 Å². The average molecular weight is 342 g/mol. The van der Waals surface area contributed by atoms with E-state index >= 15 is 0 Å². The Kier molecular flexibility index (Phi) is 4.02. The second kappa shape index (κ2) is 6.16. The maximum absolute atomic E-state index is 12.3. The van der Waals surface area contributed by atoms with Gasteiger partial charge in [0.25, 0.3) is 11.6 Å². The topological polar surface area (TPSA) is 111 Å². The van der Waals surface area contributed by atoms with Gasteiger partial charge in [-0.05, 0) is 18.2 Å². The second-order valence-electron chi connectivity index (χ2n) is 5.27. The van der Waals surface area contributed by atoms with Crippen molar-refractivity contribution < 1.29 is 24.3 Å². The average Bonchev–Trinajstić information content (AvgIpc) is 2.89. The highest BCUT2D eigenvalue weighted by atomic mass is 16.6. The number of benzene rings is 2. The SMILES string of the molecule is COc1cc2c(cc1OC)C(=Cc1cc([N+](=O)[O-])ccc1O)C(=O)N2. The number of carbonyl (C=O) groups is 1. The molecule has 8 heteroatoms. The maximum atomic E-state index is 12.3. The van der Waals surface area contributed by atoms with Crippen molar-refractivity contribution in [1.82, 2.24) is 0 Å². The van der Waals surface area contributed by atoms with Crippen LogP contribution in [0.1, 0.15) is 11.1 Å². The maximum Gasteiger partial charge on any atom is 0.270 e. The lowest BCUT2D eigenvalue weighted by molar-refractivity contribution is -0.384. The minimum absolute atomic E-state index is 0.167. The molecule has 0 aromatic heterocycles. The molecule has 0 aliphatic carbocycles. The number of phenolic OH excluding ortho intramolecular Hbond substituents is 1. The number of anilines is 1. The molecule has 0 radical (unpaired) electrons. The summed E-state index contributed by atoms with van der Waals surface area (Å²) in [4.78, 5) is 22.6. The van der Waals surface area contributed by atoms with Crippen LogP contribution < -0.4 is 14.8 Å². The molecule has 25 heavy (non-hydrogen) atoms. The number of ether oxygens (including phenoxy) is 2. The molecule has 1 amide bonds. The summed E-state index contributed by atoms with van der Waals surface area (Å²) in [6, 6.07) is 6.86. The number of phenols is 1. The molecule has 8 nitrogen and oxygen atoms in total. The number of methoxy groups -OCH3 is 2. The largest absolute Gasteiger partial charge is 0.507 e. The molecule has 0 spiro atoms. The molecule has 0 fully saturated rings. The highest BCUT2D eigenvalue weighted by Gasteiger charge is 2.27. The lowest BCUT2D eigenvalue weighted by Crippen LogP contribution is -2.03. The van der Waals surface area contributed by atoms with Crippen LogP contribution in [0.5, 0.6) is 17.2 Å². The third-order valence-corrected chi connectivity index (χ3v) is 3.83. The predicted molar refractivity (Wildman–Crippen MR) is 90.8 cm³/mol. The molecule has 128 valence electrons. The Morgan fingerprint density at radius 2 is 1.84 bits per heavy atom. The van der Waals surface area contributed by atoms with Crippen molar-refractivity contribution in [2.24, 2.45) is 0 Å². The molecule has 0 saturated heterocycles. The van der Waals surface area contributed by atoms with E-state index in [2.05, 4.69) is 5.32 Å². The summed E-state index contributed by atoms with van der Waals surface area (Å²) >= 11 is 0. The Balaban J connectivity index is 2.14. The summed E-state index contributed by atoms with van der Waals surface area (Å²) in [7, 11) is 2.96. The number of nitrogens with zero attached hydrogens (tertiary/aromatic N) is 1. The van der Waals surface area contributed by atoms with E-state index in [0.29, 0.717) is 22.7 Å². The summed E-state index contributed by atoms with van der Waals surface area (Å²) in [6.45, 7) is 0. The van der Waals surface area contributed by atoms with Crippen LogP contribution in [0.2, 0.25) is 0 Å². The van der Waals surface area contributed by atoms with Crippen LogP contribution in [-0.2, 0) is 4.79 Å². The number of nitro benzene ring substituents is 1. The van der Waals surface area contributed by atoms with Gasteiger partial charge in [0.05, 0.1) is 24.8 Å². The van der Waals surface area contributed by atoms with Crippen LogP contribution in [-0.4, -0.2) is 30.2 Å². The fourth-order valence-corrected chi connectivity index (χ4v) is 2.59. The van der Waals surface area contributed by atoms with Gasteiger partial charge in [0, 0.05) is 34.9 Å². The predicted octanol–water partition coefficient (Wildman–Crippen LogP) is 2.81. The van der Waals surface area contributed by atoms with Crippen molar-refractivity contribution in [1.29, 1.82) is 0 Å². The molecule has 2 aromatic rings. The van der Waals surface area contributed by atoms with Crippen molar-refractivity contribution >= 4 is 28.9 Å². The van der Waals surface area contributed by atoms with Crippen LogP contribution in [0.3, 0.4) is 0 Å². The third kappa shape index (κ3) is 2.85. The van der Waals surface area contributed by atoms with E-state index in [1.165, 1.54) is 38.5 Å². The van der Waals surface area contributed by atoms with Crippen molar-refractivity contribution in [2.45, 2.75) is 0 Å². The molecule has 2 N–H and O–H groups in total. The number of aromatic hydroxyl groups is 1. The van der Waals surface area contributed by atoms with Gasteiger partial charge in [0.2, 0.25) is 0 Å². The Labute approximate surface area is 142 Å². The van der Waals surface area contributed by atoms with Crippen LogP contribution in [0, 0.1) is 10.1 Å². The quantitative estimate of drug-likeness (QED) is 0.502. The van der Waals surface area contributed by atoms with Crippen LogP contribution in [0.15, 0.2) is 30.3 Å². The lowest BCUT2D eigenvalue weighted by Gasteiger charge is -2.09. The summed E-state index contributed by atoms with van der Waals surface area (Å²) in [5, 5.41) is 23.6. The van der Waals surface area contributed by atoms with E-state index in [9.17, 15) is 20.0 Å². The summed E-state index contributed by atoms with van der Waals surface area (Å²) in [5.74, 6) is 0.337. The normalized spacial score (nSPS) is 14.2. The second-order valence-corrected chi connectivity index (χ2v) is 5.27. The first kappa shape index (κ1) is 16.3. The van der Waals surface area contributed by atoms with Crippen LogP contribution >= 0.6 is 0 Å². The Hall–Kier alpha value is -3.55. The third-order valence-electron chi connectivity index (χ3n) is 3.83. The van der Waals surface area contributed by atoms with E-state index in [0.717, 1.165) is 0 Å². The number of fused-ring (bicyclic) bond motifs is 1. The van der Waals surface area contributed by atoms with Gasteiger partial charge in [0.1, 0.15) is 5.75 Å². The number of nitrogens with one attached hydrogen (secondary N) is 1. The van der Waals surface area contributed by atoms with Gasteiger partial charge in [-0.2, -0.15) is 0 Å². The highest BCUT2D eigenvalue weighted by Crippen LogP contribution is 2.41. The molecule has 0 unspecified atom stereocenters. The number of amides is 1. The van der Waals surface area contributed by atoms with E-state index < -0.39 is 10.8 Å². The van der Waals surface area contributed by atoms with Gasteiger partial charge in [-0.1, -0.05) is 0 Å². The molecule has 3 rings (SSSR count). The molecular formula is C17H14N2O6. The number of non-ortho nitro benzene ring substituents is 1. The molecule has 1 aliphatic heterocycles. The van der Waals surface area contributed by atoms with Crippen LogP contribution in [0.4, 0.5) is 11.4 Å². The van der Waals surface area contributed by atoms with Crippen molar-refractivity contribution in [3.8, 4) is 17.2 Å². The highest BCUT2D eigenvalue weighted by molar-refractivity contribution is 6.35. The first-order valence-electron chi connectivity index (χ1n) is 7.21. The van der Waals surface area contributed by atoms with Crippen molar-refractivity contribution in [3.63, 3.8) is 0 Å². The summed E-state index contributed by atoms with van der Waals surface area (Å²) in [6.07, 6.45) is 1.40. The Morgan fingerprint density at radius 1 is 1.16 bits per heavy atom. The first-order valence-corrected chi connectivity index (χ1v) is 7.21. The fourth-order valence-electron chi connectivity index (χ4n) is 2.59. The zero-order valence-electron chi connectivity index (χ0n) is 13.4. The molecule has 1 heterocycles. The zero-order valence-corrected chi connectivity index (χ0v) is 13.4. The standard InChI is InChI=1S/C17H14N2O6/c1-24-15-7-11-12(17(21)18-13(11)8-16(15)25-2)6-9-5-10(19(22)23)3-4-14(9)20/h3-8,20H,1-2H3,(H,18,21). The van der Waals surface area contributed by atoms with Gasteiger partial charge in [-0.25, -0.2) is 0 Å². The molecule has 1 aliphatic rings. The van der Waals surface area contributed by atoms with Crippen molar-refractivity contribution in [2.75, 3.05) is 19.5 Å². The first-order chi connectivity index (χ1) is 11.9. The number of hydrogen-bond acceptors (Lipinski definition) is 6. The van der Waals surface area contributed by atoms with Gasteiger partial charge in [-0.15, -0.1) is 0 Å². The van der Waals surface area contributed by atoms with Gasteiger partial charge >= 0.3 is 0 Å². The molecule has 0 saturated carbocycles. The molecule has 0 bridgehead atoms. The lowest BCUT2D eigenvalue weighted by atomic mass is 10.0. The Morgan fingerprint density at radius 3 is 2.48 bits per heavy atom. The minimum atomic E-state index is -0.571. The van der Waals surface area contributed by atoms with Crippen molar-refractivity contribution in [3.05, 3.63) is 51.6 Å². The number of carbonyl (C=O) groups excluding carboxylic acids is 1. The van der Waals surface area contributed by atoms with E-state index in [-0.39, 0.29) is 22.6 Å². The summed E-state index contributed by atoms with van der Waals surface area (Å²) in [5.41, 5.74) is 1.32. The van der Waals surface area contributed by atoms with Gasteiger partial charge in [-0.3, -0.25) is 14.9 Å². The zero-order chi connectivity index (χ0) is 18.1. The van der Waals surface area contributed by atoms with Crippen LogP contribution in [0.25, 0.3) is 11.6 Å². The monoisotopic (exact) mass is 342 g/mol. The number of rotatable bonds is 4.